The van der Waals surface area contributed by atoms with Gasteiger partial charge in [-0.15, -0.1) is 0 Å². The van der Waals surface area contributed by atoms with Gasteiger partial charge < -0.3 is 5.73 Å². The van der Waals surface area contributed by atoms with Crippen molar-refractivity contribution in [2.45, 2.75) is 45.4 Å². The highest BCUT2D eigenvalue weighted by molar-refractivity contribution is 5.83. The third-order valence-corrected chi connectivity index (χ3v) is 3.76. The van der Waals surface area contributed by atoms with Crippen LogP contribution >= 0.6 is 0 Å². The van der Waals surface area contributed by atoms with Crippen LogP contribution in [-0.2, 0) is 0 Å². The van der Waals surface area contributed by atoms with Crippen LogP contribution in [0.2, 0.25) is 0 Å². The minimum absolute atomic E-state index is 0.612. The predicted molar refractivity (Wildman–Crippen MR) is 60.3 cm³/mol. The highest BCUT2D eigenvalue weighted by atomic mass is 14.9. The first-order valence-electron chi connectivity index (χ1n) is 6.07. The highest BCUT2D eigenvalue weighted by Crippen LogP contribution is 2.36. The van der Waals surface area contributed by atoms with Crippen molar-refractivity contribution in [3.63, 3.8) is 0 Å². The summed E-state index contributed by atoms with van der Waals surface area (Å²) in [7, 11) is 0. The number of nitrogens with zero attached hydrogens (tertiary/aromatic N) is 1. The number of nitrogens with two attached hydrogens (primary N) is 1. The van der Waals surface area contributed by atoms with Crippen LogP contribution in [0.3, 0.4) is 0 Å². The van der Waals surface area contributed by atoms with Gasteiger partial charge in [0, 0.05) is 12.5 Å². The number of hydrogen-bond donors (Lipinski definition) is 1. The van der Waals surface area contributed by atoms with Gasteiger partial charge in [-0.1, -0.05) is 19.8 Å². The smallest absolute Gasteiger partial charge is 0.0968 e. The molecule has 2 aliphatic rings. The van der Waals surface area contributed by atoms with Crippen molar-refractivity contribution in [1.82, 2.24) is 0 Å². The van der Waals surface area contributed by atoms with Gasteiger partial charge >= 0.3 is 0 Å². The average Bonchev–Trinajstić information content (AvgIpc) is 2.90. The quantitative estimate of drug-likeness (QED) is 0.542. The van der Waals surface area contributed by atoms with E-state index in [9.17, 15) is 0 Å². The molecule has 1 atom stereocenters. The zero-order chi connectivity index (χ0) is 9.97. The van der Waals surface area contributed by atoms with Crippen LogP contribution in [0.1, 0.15) is 45.4 Å². The van der Waals surface area contributed by atoms with Crippen molar-refractivity contribution in [1.29, 1.82) is 0 Å². The van der Waals surface area contributed by atoms with Crippen LogP contribution in [0.4, 0.5) is 0 Å². The van der Waals surface area contributed by atoms with Crippen molar-refractivity contribution >= 4 is 5.84 Å². The molecule has 2 N–H and O–H groups in total. The molecule has 2 nitrogen and oxygen atoms in total. The predicted octanol–water partition coefficient (Wildman–Crippen LogP) is 2.58. The van der Waals surface area contributed by atoms with E-state index in [0.29, 0.717) is 5.92 Å². The monoisotopic (exact) mass is 194 g/mol. The lowest BCUT2D eigenvalue weighted by Crippen LogP contribution is -2.22. The van der Waals surface area contributed by atoms with E-state index in [-0.39, 0.29) is 0 Å². The Morgan fingerprint density at radius 1 is 1.29 bits per heavy atom. The molecule has 0 aromatic carbocycles. The molecule has 14 heavy (non-hydrogen) atoms. The summed E-state index contributed by atoms with van der Waals surface area (Å²) in [6, 6.07) is 0. The van der Waals surface area contributed by atoms with Gasteiger partial charge in [-0.25, -0.2) is 0 Å². The zero-order valence-electron chi connectivity index (χ0n) is 9.21. The van der Waals surface area contributed by atoms with Gasteiger partial charge in [-0.2, -0.15) is 0 Å². The second-order valence-electron chi connectivity index (χ2n) is 5.06. The van der Waals surface area contributed by atoms with Gasteiger partial charge in [0.2, 0.25) is 0 Å². The molecule has 2 fully saturated rings. The average molecular weight is 194 g/mol. The van der Waals surface area contributed by atoms with E-state index < -0.39 is 0 Å². The fourth-order valence-electron chi connectivity index (χ4n) is 2.41. The summed E-state index contributed by atoms with van der Waals surface area (Å²) in [4.78, 5) is 4.56. The molecular weight excluding hydrogens is 172 g/mol. The summed E-state index contributed by atoms with van der Waals surface area (Å²) in [5.74, 6) is 3.27. The van der Waals surface area contributed by atoms with Crippen LogP contribution in [0, 0.1) is 17.8 Å². The third kappa shape index (κ3) is 2.49. The van der Waals surface area contributed by atoms with E-state index in [0.717, 1.165) is 24.2 Å². The minimum atomic E-state index is 0.612. The fraction of sp³-hybridized carbons (Fsp3) is 0.917. The molecule has 0 bridgehead atoms. The molecule has 2 saturated carbocycles. The lowest BCUT2D eigenvalue weighted by molar-refractivity contribution is 0.520. The zero-order valence-corrected chi connectivity index (χ0v) is 9.21. The Kier molecular flexibility index (Phi) is 3.09. The van der Waals surface area contributed by atoms with Crippen molar-refractivity contribution in [2.75, 3.05) is 6.54 Å². The van der Waals surface area contributed by atoms with Gasteiger partial charge in [0.15, 0.2) is 0 Å². The van der Waals surface area contributed by atoms with Crippen molar-refractivity contribution in [3.8, 4) is 0 Å². The molecule has 0 spiro atoms. The molecule has 0 heterocycles. The molecule has 2 rings (SSSR count). The highest BCUT2D eigenvalue weighted by Gasteiger charge is 2.27. The molecule has 0 aliphatic heterocycles. The molecular formula is C12H22N2. The molecule has 0 saturated heterocycles. The number of rotatable bonds is 4. The number of aliphatic imine (C=N–C) groups is 1. The summed E-state index contributed by atoms with van der Waals surface area (Å²) in [6.45, 7) is 3.27. The van der Waals surface area contributed by atoms with Gasteiger partial charge in [0.25, 0.3) is 0 Å². The van der Waals surface area contributed by atoms with E-state index in [4.69, 9.17) is 5.73 Å². The van der Waals surface area contributed by atoms with Crippen LogP contribution in [0.5, 0.6) is 0 Å². The summed E-state index contributed by atoms with van der Waals surface area (Å²) in [5.41, 5.74) is 6.00. The van der Waals surface area contributed by atoms with Gasteiger partial charge in [0.1, 0.15) is 0 Å². The Labute approximate surface area is 87.0 Å². The standard InChI is InChI=1S/C12H22N2/c1-9(10-6-7-10)8-14-12(13)11-4-2-3-5-11/h9-11H,2-8H2,1H3,(H2,13,14). The summed E-state index contributed by atoms with van der Waals surface area (Å²) in [5, 5.41) is 0. The first kappa shape index (κ1) is 10.0. The van der Waals surface area contributed by atoms with Crippen LogP contribution in [0.15, 0.2) is 4.99 Å². The normalized spacial score (nSPS) is 26.8. The first-order valence-corrected chi connectivity index (χ1v) is 6.07. The molecule has 0 aromatic heterocycles. The Hall–Kier alpha value is -0.530. The van der Waals surface area contributed by atoms with Gasteiger partial charge in [0.05, 0.1) is 5.84 Å². The fourth-order valence-corrected chi connectivity index (χ4v) is 2.41. The summed E-state index contributed by atoms with van der Waals surface area (Å²) in [6.07, 6.45) is 8.07. The lowest BCUT2D eigenvalue weighted by atomic mass is 10.1. The molecule has 80 valence electrons. The van der Waals surface area contributed by atoms with Crippen LogP contribution in [-0.4, -0.2) is 12.4 Å². The van der Waals surface area contributed by atoms with Crippen molar-refractivity contribution in [2.24, 2.45) is 28.5 Å². The van der Waals surface area contributed by atoms with Crippen molar-refractivity contribution in [3.05, 3.63) is 0 Å². The Morgan fingerprint density at radius 2 is 1.93 bits per heavy atom. The SMILES string of the molecule is CC(CN=C(N)C1CCCC1)C1CC1. The van der Waals surface area contributed by atoms with Crippen LogP contribution in [0.25, 0.3) is 0 Å². The minimum Gasteiger partial charge on any atom is -0.387 e. The molecule has 2 heteroatoms. The van der Waals surface area contributed by atoms with E-state index >= 15 is 0 Å². The second-order valence-corrected chi connectivity index (χ2v) is 5.06. The molecule has 0 amide bonds. The number of amidine groups is 1. The van der Waals surface area contributed by atoms with E-state index in [1.54, 1.807) is 0 Å². The largest absolute Gasteiger partial charge is 0.387 e. The molecule has 0 radical (unpaired) electrons. The lowest BCUT2D eigenvalue weighted by Gasteiger charge is -2.10. The molecule has 1 unspecified atom stereocenters. The molecule has 0 aromatic rings. The maximum atomic E-state index is 6.00. The van der Waals surface area contributed by atoms with Gasteiger partial charge in [-0.05, 0) is 37.5 Å². The molecule has 2 aliphatic carbocycles. The maximum Gasteiger partial charge on any atom is 0.0968 e. The third-order valence-electron chi connectivity index (χ3n) is 3.76. The Morgan fingerprint density at radius 3 is 2.50 bits per heavy atom. The first-order chi connectivity index (χ1) is 6.77. The second kappa shape index (κ2) is 4.33. The van der Waals surface area contributed by atoms with Crippen molar-refractivity contribution < 1.29 is 0 Å². The topological polar surface area (TPSA) is 38.4 Å². The van der Waals surface area contributed by atoms with E-state index in [1.165, 1.54) is 38.5 Å². The Balaban J connectivity index is 1.77. The maximum absolute atomic E-state index is 6.00. The van der Waals surface area contributed by atoms with Crippen LogP contribution < -0.4 is 5.73 Å². The Bertz CT molecular complexity index is 212. The summed E-state index contributed by atoms with van der Waals surface area (Å²) < 4.78 is 0. The van der Waals surface area contributed by atoms with E-state index in [2.05, 4.69) is 11.9 Å². The van der Waals surface area contributed by atoms with E-state index in [1.807, 2.05) is 0 Å². The van der Waals surface area contributed by atoms with Gasteiger partial charge in [-0.3, -0.25) is 4.99 Å². The number of hydrogen-bond acceptors (Lipinski definition) is 1. The summed E-state index contributed by atoms with van der Waals surface area (Å²) >= 11 is 0.